The molecule has 0 heterocycles. The van der Waals surface area contributed by atoms with Crippen molar-refractivity contribution >= 4 is 12.3 Å². The van der Waals surface area contributed by atoms with Gasteiger partial charge in [-0.05, 0) is 59.2 Å². The number of aliphatic hydroxyl groups excluding tert-OH is 1. The molecule has 0 aromatic heterocycles. The van der Waals surface area contributed by atoms with E-state index in [9.17, 15) is 27.9 Å². The van der Waals surface area contributed by atoms with Gasteiger partial charge < -0.3 is 15.2 Å². The van der Waals surface area contributed by atoms with Gasteiger partial charge in [-0.2, -0.15) is 13.2 Å². The molecule has 176 valence electrons. The smallest absolute Gasteiger partial charge is 0.391 e. The summed E-state index contributed by atoms with van der Waals surface area (Å²) in [5.74, 6) is -0.442. The quantitative estimate of drug-likeness (QED) is 0.447. The van der Waals surface area contributed by atoms with Crippen LogP contribution in [-0.2, 0) is 21.0 Å². The van der Waals surface area contributed by atoms with Crippen LogP contribution in [0.1, 0.15) is 53.5 Å². The first-order valence-corrected chi connectivity index (χ1v) is 9.74. The highest BCUT2D eigenvalue weighted by Crippen LogP contribution is 2.27. The maximum atomic E-state index is 13.0. The number of aliphatic hydroxyl groups is 1. The Balaban J connectivity index is 2.86. The number of amides is 2. The predicted molar refractivity (Wildman–Crippen MR) is 108 cm³/mol. The third-order valence-electron chi connectivity index (χ3n) is 3.70. The highest BCUT2D eigenvalue weighted by atomic mass is 19.4. The van der Waals surface area contributed by atoms with Crippen LogP contribution in [0.5, 0.6) is 5.75 Å². The lowest BCUT2D eigenvalue weighted by molar-refractivity contribution is -0.257. The molecule has 31 heavy (non-hydrogen) atoms. The first-order valence-electron chi connectivity index (χ1n) is 9.74. The number of carbonyl (C=O) groups excluding carboxylic acids is 2. The molecule has 2 amide bonds. The average molecular weight is 448 g/mol. The number of nitrogens with one attached hydrogen (secondary N) is 1. The Morgan fingerprint density at radius 1 is 1.10 bits per heavy atom. The highest BCUT2D eigenvalue weighted by molar-refractivity contribution is 5.81. The van der Waals surface area contributed by atoms with Crippen LogP contribution < -0.4 is 10.1 Å². The number of hydrogen-bond donors (Lipinski definition) is 2. The molecule has 0 bridgehead atoms. The normalized spacial score (nSPS) is 14.5. The van der Waals surface area contributed by atoms with Gasteiger partial charge in [0.05, 0.1) is 12.0 Å². The molecule has 0 radical (unpaired) electrons. The van der Waals surface area contributed by atoms with Crippen LogP contribution in [0.4, 0.5) is 13.2 Å². The van der Waals surface area contributed by atoms with Gasteiger partial charge in [0.25, 0.3) is 5.91 Å². The summed E-state index contributed by atoms with van der Waals surface area (Å²) in [6.07, 6.45) is -8.49. The third-order valence-corrected chi connectivity index (χ3v) is 3.70. The Labute approximate surface area is 180 Å². The fraction of sp³-hybridized carbons (Fsp3) is 0.619. The van der Waals surface area contributed by atoms with Crippen molar-refractivity contribution in [2.24, 2.45) is 0 Å². The fourth-order valence-corrected chi connectivity index (χ4v) is 2.56. The summed E-state index contributed by atoms with van der Waals surface area (Å²) >= 11 is 0. The van der Waals surface area contributed by atoms with Crippen LogP contribution in [0, 0.1) is 0 Å². The molecule has 0 saturated carbocycles. The Morgan fingerprint density at radius 2 is 1.65 bits per heavy atom. The van der Waals surface area contributed by atoms with Gasteiger partial charge in [-0.1, -0.05) is 12.1 Å². The van der Waals surface area contributed by atoms with E-state index in [0.717, 1.165) is 0 Å². The molecule has 0 saturated heterocycles. The number of carbonyl (C=O) groups is 2. The maximum Gasteiger partial charge on any atom is 0.391 e. The third kappa shape index (κ3) is 10.5. The molecular weight excluding hydrogens is 417 g/mol. The molecule has 0 aliphatic carbocycles. The van der Waals surface area contributed by atoms with E-state index in [-0.39, 0.29) is 18.6 Å². The second-order valence-electron chi connectivity index (χ2n) is 9.08. The van der Waals surface area contributed by atoms with Crippen LogP contribution in [0.25, 0.3) is 0 Å². The Morgan fingerprint density at radius 3 is 2.06 bits per heavy atom. The van der Waals surface area contributed by atoms with Gasteiger partial charge in [-0.15, -0.1) is 0 Å². The number of ether oxygens (including phenoxy) is 1. The molecule has 1 aromatic carbocycles. The highest BCUT2D eigenvalue weighted by Gasteiger charge is 2.42. The number of halogens is 3. The lowest BCUT2D eigenvalue weighted by atomic mass is 10.1. The van der Waals surface area contributed by atoms with Crippen molar-refractivity contribution in [2.75, 3.05) is 0 Å². The fourth-order valence-electron chi connectivity index (χ4n) is 2.56. The van der Waals surface area contributed by atoms with Gasteiger partial charge >= 0.3 is 6.18 Å². The molecular formula is C21H31F3N2O5. The Kier molecular flexibility index (Phi) is 8.89. The number of benzene rings is 1. The minimum Gasteiger partial charge on any atom is -0.488 e. The van der Waals surface area contributed by atoms with E-state index in [2.05, 4.69) is 5.32 Å². The topological polar surface area (TPSA) is 88.1 Å². The zero-order valence-electron chi connectivity index (χ0n) is 18.6. The van der Waals surface area contributed by atoms with Gasteiger partial charge in [0, 0.05) is 6.54 Å². The minimum absolute atomic E-state index is 0.0199. The van der Waals surface area contributed by atoms with E-state index in [1.165, 1.54) is 20.8 Å². The lowest BCUT2D eigenvalue weighted by Gasteiger charge is -2.35. The number of rotatable bonds is 9. The van der Waals surface area contributed by atoms with E-state index < -0.39 is 36.3 Å². The summed E-state index contributed by atoms with van der Waals surface area (Å²) in [5.41, 5.74) is -0.752. The van der Waals surface area contributed by atoms with Gasteiger partial charge in [0.1, 0.15) is 17.4 Å². The maximum absolute atomic E-state index is 13.0. The van der Waals surface area contributed by atoms with Crippen LogP contribution in [0.2, 0.25) is 0 Å². The number of alkyl halides is 3. The molecule has 1 rings (SSSR count). The lowest BCUT2D eigenvalue weighted by Crippen LogP contribution is -2.53. The standard InChI is InChI=1S/C21H31F3N2O5/c1-19(2,3)30-15-9-7-14(8-10-15)12-25-18(29)17(28)16(11-21(22,23)24)26(13-27)31-20(4,5)6/h7-10,13,16-17,28H,11-12H2,1-6H3,(H,25,29). The van der Waals surface area contributed by atoms with Crippen molar-refractivity contribution in [3.05, 3.63) is 29.8 Å². The second kappa shape index (κ2) is 10.3. The average Bonchev–Trinajstić information content (AvgIpc) is 2.60. The predicted octanol–water partition coefficient (Wildman–Crippen LogP) is 3.35. The van der Waals surface area contributed by atoms with E-state index >= 15 is 0 Å². The molecule has 0 aliphatic heterocycles. The molecule has 7 nitrogen and oxygen atoms in total. The molecule has 2 N–H and O–H groups in total. The largest absolute Gasteiger partial charge is 0.488 e. The first kappa shape index (κ1) is 26.7. The monoisotopic (exact) mass is 448 g/mol. The summed E-state index contributed by atoms with van der Waals surface area (Å²) in [4.78, 5) is 28.9. The minimum atomic E-state index is -4.74. The molecule has 2 unspecified atom stereocenters. The number of hydrogen-bond acceptors (Lipinski definition) is 5. The van der Waals surface area contributed by atoms with Gasteiger partial charge in [-0.3, -0.25) is 14.4 Å². The molecule has 1 aromatic rings. The summed E-state index contributed by atoms with van der Waals surface area (Å²) in [5, 5.41) is 13.0. The SMILES string of the molecule is CC(C)(C)Oc1ccc(CNC(=O)C(O)C(CC(F)(F)F)N(C=O)OC(C)(C)C)cc1. The second-order valence-corrected chi connectivity index (χ2v) is 9.08. The molecule has 0 aliphatic rings. The summed E-state index contributed by atoms with van der Waals surface area (Å²) in [6.45, 7) is 10.2. The van der Waals surface area contributed by atoms with E-state index in [0.29, 0.717) is 16.4 Å². The zero-order chi connectivity index (χ0) is 24.0. The van der Waals surface area contributed by atoms with Crippen molar-refractivity contribution in [3.63, 3.8) is 0 Å². The Bertz CT molecular complexity index is 725. The summed E-state index contributed by atoms with van der Waals surface area (Å²) < 4.78 is 44.7. The van der Waals surface area contributed by atoms with Crippen LogP contribution in [0.15, 0.2) is 24.3 Å². The van der Waals surface area contributed by atoms with Gasteiger partial charge in [0.2, 0.25) is 6.41 Å². The van der Waals surface area contributed by atoms with Crippen LogP contribution in [-0.4, -0.2) is 52.0 Å². The van der Waals surface area contributed by atoms with Crippen LogP contribution >= 0.6 is 0 Å². The van der Waals surface area contributed by atoms with Crippen molar-refractivity contribution in [1.29, 1.82) is 0 Å². The number of nitrogens with zero attached hydrogens (tertiary/aromatic N) is 1. The van der Waals surface area contributed by atoms with Gasteiger partial charge in [0.15, 0.2) is 6.10 Å². The van der Waals surface area contributed by atoms with Crippen molar-refractivity contribution in [3.8, 4) is 5.75 Å². The summed E-state index contributed by atoms with van der Waals surface area (Å²) in [6, 6.07) is 4.81. The Hall–Kier alpha value is -2.33. The number of hydroxylamine groups is 2. The van der Waals surface area contributed by atoms with Crippen LogP contribution in [0.3, 0.4) is 0 Å². The van der Waals surface area contributed by atoms with Crippen molar-refractivity contribution in [2.45, 2.75) is 84.0 Å². The van der Waals surface area contributed by atoms with E-state index in [4.69, 9.17) is 9.57 Å². The molecule has 2 atom stereocenters. The van der Waals surface area contributed by atoms with E-state index in [1.54, 1.807) is 24.3 Å². The molecule has 10 heteroatoms. The first-order chi connectivity index (χ1) is 14.0. The van der Waals surface area contributed by atoms with Gasteiger partial charge in [-0.25, -0.2) is 5.06 Å². The molecule has 0 spiro atoms. The summed E-state index contributed by atoms with van der Waals surface area (Å²) in [7, 11) is 0. The van der Waals surface area contributed by atoms with E-state index in [1.807, 2.05) is 20.8 Å². The van der Waals surface area contributed by atoms with Crippen molar-refractivity contribution < 1.29 is 37.4 Å². The zero-order valence-corrected chi connectivity index (χ0v) is 18.6. The molecule has 0 fully saturated rings. The van der Waals surface area contributed by atoms with Crippen molar-refractivity contribution in [1.82, 2.24) is 10.4 Å².